The number of hydrogen-bond donors (Lipinski definition) is 2. The van der Waals surface area contributed by atoms with Crippen LogP contribution in [0.15, 0.2) is 18.2 Å². The van der Waals surface area contributed by atoms with Crippen LogP contribution in [0.2, 0.25) is 0 Å². The zero-order valence-electron chi connectivity index (χ0n) is 12.7. The molecule has 0 heterocycles. The highest BCUT2D eigenvalue weighted by atomic mass is 32.2. The van der Waals surface area contributed by atoms with Gasteiger partial charge in [0.1, 0.15) is 11.0 Å². The largest absolute Gasteiger partial charge is 0.495 e. The van der Waals surface area contributed by atoms with Gasteiger partial charge in [0, 0.05) is 5.69 Å². The molecule has 1 amide bonds. The molecule has 0 saturated heterocycles. The Hall–Kier alpha value is -1.76. The highest BCUT2D eigenvalue weighted by Crippen LogP contribution is 2.27. The van der Waals surface area contributed by atoms with E-state index in [4.69, 9.17) is 10.5 Å². The van der Waals surface area contributed by atoms with Crippen LogP contribution in [-0.2, 0) is 14.6 Å². The van der Waals surface area contributed by atoms with E-state index < -0.39 is 26.2 Å². The van der Waals surface area contributed by atoms with Gasteiger partial charge < -0.3 is 15.8 Å². The number of sulfone groups is 1. The summed E-state index contributed by atoms with van der Waals surface area (Å²) in [5.41, 5.74) is 6.47. The minimum absolute atomic E-state index is 0.355. The third kappa shape index (κ3) is 3.87. The van der Waals surface area contributed by atoms with Crippen LogP contribution in [0.5, 0.6) is 5.75 Å². The maximum atomic E-state index is 12.2. The van der Waals surface area contributed by atoms with Gasteiger partial charge in [0.25, 0.3) is 0 Å². The summed E-state index contributed by atoms with van der Waals surface area (Å²) in [4.78, 5) is 12.2. The summed E-state index contributed by atoms with van der Waals surface area (Å²) >= 11 is 0. The fraction of sp³-hybridized carbons (Fsp3) is 0.500. The zero-order valence-corrected chi connectivity index (χ0v) is 13.5. The highest BCUT2D eigenvalue weighted by Gasteiger charge is 2.32. The van der Waals surface area contributed by atoms with Gasteiger partial charge in [-0.1, -0.05) is 6.92 Å². The van der Waals surface area contributed by atoms with Crippen LogP contribution >= 0.6 is 0 Å². The van der Waals surface area contributed by atoms with Crippen LogP contribution in [0.25, 0.3) is 0 Å². The van der Waals surface area contributed by atoms with Crippen molar-refractivity contribution in [3.8, 4) is 5.75 Å². The van der Waals surface area contributed by atoms with E-state index in [0.717, 1.165) is 0 Å². The molecule has 0 aliphatic heterocycles. The number of carbonyl (C=O) groups is 1. The molecule has 6 nitrogen and oxygen atoms in total. The number of amides is 1. The van der Waals surface area contributed by atoms with Gasteiger partial charge in [-0.3, -0.25) is 4.79 Å². The second-order valence-corrected chi connectivity index (χ2v) is 7.59. The summed E-state index contributed by atoms with van der Waals surface area (Å²) in [7, 11) is -2.06. The number of ether oxygens (including phenoxy) is 1. The summed E-state index contributed by atoms with van der Waals surface area (Å²) in [6.45, 7) is 4.75. The average Bonchev–Trinajstić information content (AvgIpc) is 2.45. The van der Waals surface area contributed by atoms with Crippen molar-refractivity contribution in [1.29, 1.82) is 0 Å². The number of rotatable bonds is 6. The predicted octanol–water partition coefficient (Wildman–Crippen LogP) is 1.82. The molecule has 1 aromatic rings. The van der Waals surface area contributed by atoms with Crippen molar-refractivity contribution in [2.24, 2.45) is 0 Å². The van der Waals surface area contributed by atoms with Crippen LogP contribution in [0.4, 0.5) is 11.4 Å². The summed E-state index contributed by atoms with van der Waals surface area (Å²) in [5, 5.41) is 0.855. The summed E-state index contributed by atoms with van der Waals surface area (Å²) < 4.78 is 29.5. The number of methoxy groups -OCH3 is 1. The molecule has 1 rings (SSSR count). The van der Waals surface area contributed by atoms with E-state index >= 15 is 0 Å². The van der Waals surface area contributed by atoms with E-state index in [1.54, 1.807) is 26.0 Å². The van der Waals surface area contributed by atoms with E-state index in [0.29, 0.717) is 23.5 Å². The third-order valence-corrected chi connectivity index (χ3v) is 6.13. The molecule has 2 atom stereocenters. The smallest absolute Gasteiger partial charge is 0.242 e. The normalized spacial score (nSPS) is 14.3. The van der Waals surface area contributed by atoms with Gasteiger partial charge in [0.2, 0.25) is 5.91 Å². The molecule has 0 bridgehead atoms. The summed E-state index contributed by atoms with van der Waals surface area (Å²) in [5.74, 6) is -0.176. The zero-order chi connectivity index (χ0) is 16.2. The topological polar surface area (TPSA) is 98.5 Å². The molecule has 2 unspecified atom stereocenters. The van der Waals surface area contributed by atoms with Gasteiger partial charge in [-0.05, 0) is 38.5 Å². The Morgan fingerprint density at radius 1 is 1.38 bits per heavy atom. The van der Waals surface area contributed by atoms with Crippen molar-refractivity contribution in [2.45, 2.75) is 37.7 Å². The Balaban J connectivity index is 2.99. The van der Waals surface area contributed by atoms with Crippen molar-refractivity contribution in [3.63, 3.8) is 0 Å². The van der Waals surface area contributed by atoms with Gasteiger partial charge in [-0.15, -0.1) is 0 Å². The molecular formula is C14H22N2O4S. The molecule has 1 aromatic carbocycles. The molecule has 7 heteroatoms. The van der Waals surface area contributed by atoms with Crippen LogP contribution in [0.3, 0.4) is 0 Å². The minimum atomic E-state index is -3.52. The quantitative estimate of drug-likeness (QED) is 0.780. The lowest BCUT2D eigenvalue weighted by molar-refractivity contribution is -0.115. The van der Waals surface area contributed by atoms with Crippen LogP contribution in [0, 0.1) is 0 Å². The highest BCUT2D eigenvalue weighted by molar-refractivity contribution is 7.93. The maximum Gasteiger partial charge on any atom is 0.242 e. The number of benzene rings is 1. The molecular weight excluding hydrogens is 292 g/mol. The summed E-state index contributed by atoms with van der Waals surface area (Å²) in [6.07, 6.45) is 0.460. The van der Waals surface area contributed by atoms with Crippen LogP contribution in [-0.4, -0.2) is 31.9 Å². The molecule has 3 N–H and O–H groups in total. The first-order valence-corrected chi connectivity index (χ1v) is 8.32. The number of nitrogens with one attached hydrogen (secondary N) is 1. The van der Waals surface area contributed by atoms with Crippen molar-refractivity contribution in [1.82, 2.24) is 0 Å². The maximum absolute atomic E-state index is 12.2. The Labute approximate surface area is 125 Å². The first-order chi connectivity index (χ1) is 9.73. The third-order valence-electron chi connectivity index (χ3n) is 3.48. The Bertz CT molecular complexity index is 613. The van der Waals surface area contributed by atoms with E-state index in [9.17, 15) is 13.2 Å². The lowest BCUT2D eigenvalue weighted by Crippen LogP contribution is -2.37. The van der Waals surface area contributed by atoms with Crippen molar-refractivity contribution < 1.29 is 17.9 Å². The second-order valence-electron chi connectivity index (χ2n) is 4.90. The molecule has 0 radical (unpaired) electrons. The first-order valence-electron chi connectivity index (χ1n) is 6.71. The molecule has 118 valence electrons. The van der Waals surface area contributed by atoms with E-state index in [2.05, 4.69) is 5.32 Å². The van der Waals surface area contributed by atoms with Crippen molar-refractivity contribution in [2.75, 3.05) is 18.2 Å². The Morgan fingerprint density at radius 2 is 2.00 bits per heavy atom. The fourth-order valence-electron chi connectivity index (χ4n) is 1.79. The average molecular weight is 314 g/mol. The molecule has 21 heavy (non-hydrogen) atoms. The van der Waals surface area contributed by atoms with E-state index in [-0.39, 0.29) is 0 Å². The standard InChI is InChI=1S/C14H22N2O4S/c1-5-9(2)21(18,19)10(3)14(17)16-12-8-11(15)6-7-13(12)20-4/h6-10H,5,15H2,1-4H3,(H,16,17). The second kappa shape index (κ2) is 6.80. The number of nitrogens with two attached hydrogens (primary N) is 1. The number of nitrogen functional groups attached to an aromatic ring is 1. The lowest BCUT2D eigenvalue weighted by atomic mass is 10.2. The lowest BCUT2D eigenvalue weighted by Gasteiger charge is -2.18. The molecule has 0 aliphatic rings. The van der Waals surface area contributed by atoms with Crippen molar-refractivity contribution >= 4 is 27.1 Å². The Kier molecular flexibility index (Phi) is 5.60. The van der Waals surface area contributed by atoms with Crippen LogP contribution < -0.4 is 15.8 Å². The monoisotopic (exact) mass is 314 g/mol. The number of hydrogen-bond acceptors (Lipinski definition) is 5. The van der Waals surface area contributed by atoms with Gasteiger partial charge >= 0.3 is 0 Å². The summed E-state index contributed by atoms with van der Waals surface area (Å²) in [6, 6.07) is 4.77. The SMILES string of the molecule is CCC(C)S(=O)(=O)C(C)C(=O)Nc1cc(N)ccc1OC. The molecule has 0 fully saturated rings. The van der Waals surface area contributed by atoms with E-state index in [1.807, 2.05) is 0 Å². The van der Waals surface area contributed by atoms with E-state index in [1.165, 1.54) is 20.1 Å². The van der Waals surface area contributed by atoms with Gasteiger partial charge in [-0.2, -0.15) is 0 Å². The van der Waals surface area contributed by atoms with Crippen molar-refractivity contribution in [3.05, 3.63) is 18.2 Å². The molecule has 0 saturated carbocycles. The minimum Gasteiger partial charge on any atom is -0.495 e. The van der Waals surface area contributed by atoms with Gasteiger partial charge in [0.05, 0.1) is 18.0 Å². The predicted molar refractivity (Wildman–Crippen MR) is 84.2 cm³/mol. The fourth-order valence-corrected chi connectivity index (χ4v) is 3.31. The number of carbonyl (C=O) groups excluding carboxylic acids is 1. The first kappa shape index (κ1) is 17.3. The molecule has 0 aliphatic carbocycles. The molecule has 0 spiro atoms. The molecule has 0 aromatic heterocycles. The number of anilines is 2. The Morgan fingerprint density at radius 3 is 2.52 bits per heavy atom. The van der Waals surface area contributed by atoms with Gasteiger partial charge in [0.15, 0.2) is 9.84 Å². The van der Waals surface area contributed by atoms with Crippen LogP contribution in [0.1, 0.15) is 27.2 Å². The van der Waals surface area contributed by atoms with Gasteiger partial charge in [-0.25, -0.2) is 8.42 Å².